The summed E-state index contributed by atoms with van der Waals surface area (Å²) in [6, 6.07) is 1.87. The van der Waals surface area contributed by atoms with Crippen molar-refractivity contribution in [2.45, 2.75) is 20.8 Å². The maximum Gasteiger partial charge on any atom is 0.409 e. The van der Waals surface area contributed by atoms with Crippen LogP contribution in [0.1, 0.15) is 17.2 Å². The zero-order valence-corrected chi connectivity index (χ0v) is 10.1. The van der Waals surface area contributed by atoms with Crippen molar-refractivity contribution in [2.75, 3.05) is 0 Å². The number of aryl methyl sites for hydroxylation is 3. The molecule has 0 aliphatic heterocycles. The lowest BCUT2D eigenvalue weighted by molar-refractivity contribution is -0.389. The third-order valence-electron chi connectivity index (χ3n) is 2.65. The van der Waals surface area contributed by atoms with Crippen molar-refractivity contribution in [3.63, 3.8) is 0 Å². The van der Waals surface area contributed by atoms with Crippen molar-refractivity contribution in [1.82, 2.24) is 19.3 Å². The highest BCUT2D eigenvalue weighted by Crippen LogP contribution is 2.23. The first-order chi connectivity index (χ1) is 7.91. The maximum absolute atomic E-state index is 11.0. The van der Waals surface area contributed by atoms with E-state index in [0.29, 0.717) is 11.6 Å². The Balaban J connectivity index is 2.74. The second-order valence-corrected chi connectivity index (χ2v) is 3.96. The summed E-state index contributed by atoms with van der Waals surface area (Å²) in [5.41, 5.74) is 1.66. The van der Waals surface area contributed by atoms with Gasteiger partial charge in [-0.25, -0.2) is 4.68 Å². The summed E-state index contributed by atoms with van der Waals surface area (Å²) in [6.07, 6.45) is 0. The summed E-state index contributed by atoms with van der Waals surface area (Å²) in [5, 5.41) is 15.2. The van der Waals surface area contributed by atoms with Crippen LogP contribution in [0.25, 0.3) is 5.82 Å². The van der Waals surface area contributed by atoms with Crippen molar-refractivity contribution in [3.05, 3.63) is 33.4 Å². The van der Waals surface area contributed by atoms with Gasteiger partial charge in [-0.1, -0.05) is 0 Å². The highest BCUT2D eigenvalue weighted by molar-refractivity contribution is 5.44. The van der Waals surface area contributed by atoms with Gasteiger partial charge in [-0.05, 0) is 29.8 Å². The van der Waals surface area contributed by atoms with E-state index < -0.39 is 4.92 Å². The Bertz CT molecular complexity index is 596. The lowest BCUT2D eigenvalue weighted by Crippen LogP contribution is -2.08. The van der Waals surface area contributed by atoms with Gasteiger partial charge in [0.2, 0.25) is 11.6 Å². The van der Waals surface area contributed by atoms with Gasteiger partial charge in [0.1, 0.15) is 0 Å². The van der Waals surface area contributed by atoms with E-state index in [1.54, 1.807) is 23.2 Å². The van der Waals surface area contributed by atoms with Crippen LogP contribution in [0.2, 0.25) is 0 Å². The van der Waals surface area contributed by atoms with Crippen LogP contribution >= 0.6 is 0 Å². The molecule has 0 unspecified atom stereocenters. The SMILES string of the molecule is Cc1cc(C)n(-c2c([N+](=O)[O-])nc(C)n2C)n1. The molecule has 0 aromatic carbocycles. The predicted octanol–water partition coefficient (Wildman–Crippen LogP) is 1.44. The number of rotatable bonds is 2. The number of aromatic nitrogens is 4. The molecule has 0 atom stereocenters. The summed E-state index contributed by atoms with van der Waals surface area (Å²) in [7, 11) is 1.74. The van der Waals surface area contributed by atoms with E-state index in [1.165, 1.54) is 0 Å². The van der Waals surface area contributed by atoms with Crippen LogP contribution in [0, 0.1) is 30.9 Å². The zero-order valence-electron chi connectivity index (χ0n) is 10.1. The molecule has 0 N–H and O–H groups in total. The summed E-state index contributed by atoms with van der Waals surface area (Å²) in [6.45, 7) is 5.42. The van der Waals surface area contributed by atoms with E-state index in [1.807, 2.05) is 19.9 Å². The molecule has 2 aromatic rings. The van der Waals surface area contributed by atoms with Gasteiger partial charge in [0.05, 0.1) is 5.69 Å². The molecule has 90 valence electrons. The van der Waals surface area contributed by atoms with E-state index in [-0.39, 0.29) is 5.82 Å². The van der Waals surface area contributed by atoms with Crippen LogP contribution in [-0.4, -0.2) is 24.3 Å². The van der Waals surface area contributed by atoms with Crippen LogP contribution in [-0.2, 0) is 7.05 Å². The average molecular weight is 235 g/mol. The Morgan fingerprint density at radius 3 is 2.47 bits per heavy atom. The lowest BCUT2D eigenvalue weighted by atomic mass is 10.4. The fourth-order valence-electron chi connectivity index (χ4n) is 1.78. The Labute approximate surface area is 97.8 Å². The minimum atomic E-state index is -0.487. The first-order valence-corrected chi connectivity index (χ1v) is 5.13. The normalized spacial score (nSPS) is 10.8. The maximum atomic E-state index is 11.0. The van der Waals surface area contributed by atoms with Crippen LogP contribution in [0.15, 0.2) is 6.07 Å². The molecule has 0 radical (unpaired) electrons. The van der Waals surface area contributed by atoms with Gasteiger partial charge < -0.3 is 10.1 Å². The third kappa shape index (κ3) is 1.69. The molecule has 0 saturated carbocycles. The Kier molecular flexibility index (Phi) is 2.45. The summed E-state index contributed by atoms with van der Waals surface area (Å²) in [5.74, 6) is 0.800. The van der Waals surface area contributed by atoms with Gasteiger partial charge >= 0.3 is 5.82 Å². The standard InChI is InChI=1S/C10H13N5O2/c1-6-5-7(2)14(12-6)10-9(15(16)17)11-8(3)13(10)4/h5H,1-4H3. The van der Waals surface area contributed by atoms with Gasteiger partial charge in [-0.15, -0.1) is 0 Å². The molecule has 0 bridgehead atoms. The minimum absolute atomic E-state index is 0.170. The Morgan fingerprint density at radius 2 is 2.00 bits per heavy atom. The van der Waals surface area contributed by atoms with Crippen molar-refractivity contribution >= 4 is 5.82 Å². The Hall–Kier alpha value is -2.18. The zero-order chi connectivity index (χ0) is 12.7. The van der Waals surface area contributed by atoms with Crippen LogP contribution in [0.3, 0.4) is 0 Å². The van der Waals surface area contributed by atoms with Crippen molar-refractivity contribution in [1.29, 1.82) is 0 Å². The molecule has 7 nitrogen and oxygen atoms in total. The van der Waals surface area contributed by atoms with Crippen LogP contribution < -0.4 is 0 Å². The minimum Gasteiger partial charge on any atom is -0.358 e. The molecule has 0 saturated heterocycles. The smallest absolute Gasteiger partial charge is 0.358 e. The molecule has 0 fully saturated rings. The largest absolute Gasteiger partial charge is 0.409 e. The quantitative estimate of drug-likeness (QED) is 0.582. The fourth-order valence-corrected chi connectivity index (χ4v) is 1.78. The van der Waals surface area contributed by atoms with E-state index in [0.717, 1.165) is 11.4 Å². The molecule has 17 heavy (non-hydrogen) atoms. The van der Waals surface area contributed by atoms with E-state index in [9.17, 15) is 10.1 Å². The Morgan fingerprint density at radius 1 is 1.35 bits per heavy atom. The molecule has 2 rings (SSSR count). The van der Waals surface area contributed by atoms with Gasteiger partial charge in [0.25, 0.3) is 0 Å². The van der Waals surface area contributed by atoms with Crippen molar-refractivity contribution in [3.8, 4) is 5.82 Å². The monoisotopic (exact) mass is 235 g/mol. The van der Waals surface area contributed by atoms with Crippen molar-refractivity contribution in [2.24, 2.45) is 7.05 Å². The highest BCUT2D eigenvalue weighted by Gasteiger charge is 2.26. The number of imidazole rings is 1. The second kappa shape index (κ2) is 3.69. The number of hydrogen-bond donors (Lipinski definition) is 0. The first-order valence-electron chi connectivity index (χ1n) is 5.13. The topological polar surface area (TPSA) is 78.8 Å². The van der Waals surface area contributed by atoms with Crippen LogP contribution in [0.5, 0.6) is 0 Å². The van der Waals surface area contributed by atoms with Crippen molar-refractivity contribution < 1.29 is 4.92 Å². The molecule has 0 aliphatic rings. The fraction of sp³-hybridized carbons (Fsp3) is 0.400. The molecular weight excluding hydrogens is 222 g/mol. The van der Waals surface area contributed by atoms with Gasteiger partial charge in [0.15, 0.2) is 0 Å². The average Bonchev–Trinajstić information content (AvgIpc) is 2.69. The molecule has 0 amide bonds. The van der Waals surface area contributed by atoms with Gasteiger partial charge in [-0.2, -0.15) is 5.10 Å². The van der Waals surface area contributed by atoms with E-state index >= 15 is 0 Å². The van der Waals surface area contributed by atoms with Gasteiger partial charge in [-0.3, -0.25) is 4.57 Å². The molecule has 0 aliphatic carbocycles. The highest BCUT2D eigenvalue weighted by atomic mass is 16.6. The number of nitrogens with zero attached hydrogens (tertiary/aromatic N) is 5. The lowest BCUT2D eigenvalue weighted by Gasteiger charge is -2.04. The predicted molar refractivity (Wildman–Crippen MR) is 61.2 cm³/mol. The molecule has 2 heterocycles. The molecule has 7 heteroatoms. The van der Waals surface area contributed by atoms with E-state index in [2.05, 4.69) is 10.1 Å². The number of nitro groups is 1. The summed E-state index contributed by atoms with van der Waals surface area (Å²) in [4.78, 5) is 14.4. The van der Waals surface area contributed by atoms with Crippen LogP contribution in [0.4, 0.5) is 5.82 Å². The second-order valence-electron chi connectivity index (χ2n) is 3.96. The molecule has 0 spiro atoms. The summed E-state index contributed by atoms with van der Waals surface area (Å²) >= 11 is 0. The third-order valence-corrected chi connectivity index (χ3v) is 2.65. The number of hydrogen-bond acceptors (Lipinski definition) is 4. The summed E-state index contributed by atoms with van der Waals surface area (Å²) < 4.78 is 3.21. The first kappa shape index (κ1) is 11.3. The molecular formula is C10H13N5O2. The molecule has 2 aromatic heterocycles. The van der Waals surface area contributed by atoms with Gasteiger partial charge in [0, 0.05) is 19.7 Å². The van der Waals surface area contributed by atoms with E-state index in [4.69, 9.17) is 0 Å².